The summed E-state index contributed by atoms with van der Waals surface area (Å²) < 4.78 is 29.1. The molecule has 3 rings (SSSR count). The van der Waals surface area contributed by atoms with Gasteiger partial charge in [-0.05, 0) is 42.5 Å². The quantitative estimate of drug-likeness (QED) is 0.433. The molecule has 152 valence electrons. The summed E-state index contributed by atoms with van der Waals surface area (Å²) in [5.41, 5.74) is 6.35. The first-order valence-electron chi connectivity index (χ1n) is 8.52. The van der Waals surface area contributed by atoms with Gasteiger partial charge in [0.1, 0.15) is 18.2 Å². The first-order valence-corrected chi connectivity index (χ1v) is 10.9. The zero-order valence-electron chi connectivity index (χ0n) is 15.7. The van der Waals surface area contributed by atoms with Crippen LogP contribution >= 0.6 is 11.3 Å². The molecule has 1 aromatic carbocycles. The summed E-state index contributed by atoms with van der Waals surface area (Å²) in [4.78, 5) is 3.97. The van der Waals surface area contributed by atoms with Gasteiger partial charge in [0, 0.05) is 29.2 Å². The van der Waals surface area contributed by atoms with Crippen LogP contribution in [0.4, 0.5) is 5.13 Å². The van der Waals surface area contributed by atoms with E-state index in [1.807, 2.05) is 6.07 Å². The molecule has 0 aliphatic heterocycles. The molecule has 0 saturated heterocycles. The Kier molecular flexibility index (Phi) is 6.18. The fourth-order valence-electron chi connectivity index (χ4n) is 2.58. The van der Waals surface area contributed by atoms with Crippen molar-refractivity contribution in [3.05, 3.63) is 76.7 Å². The maximum absolute atomic E-state index is 12.5. The maximum Gasteiger partial charge on any atom is 0.263 e. The van der Waals surface area contributed by atoms with Crippen molar-refractivity contribution in [2.24, 2.45) is 5.73 Å². The zero-order valence-corrected chi connectivity index (χ0v) is 17.4. The Morgan fingerprint density at radius 1 is 1.13 bits per heavy atom. The van der Waals surface area contributed by atoms with Gasteiger partial charge in [-0.15, -0.1) is 11.3 Å². The van der Waals surface area contributed by atoms with E-state index in [2.05, 4.69) is 9.71 Å². The molecule has 11 heteroatoms. The minimum absolute atomic E-state index is 0.0371. The molecule has 0 spiro atoms. The Labute approximate surface area is 182 Å². The van der Waals surface area contributed by atoms with E-state index >= 15 is 0 Å². The molecule has 3 N–H and O–H groups in total. The van der Waals surface area contributed by atoms with E-state index in [-0.39, 0.29) is 26.9 Å². The molecular formula is C20H13N7O2S2. The monoisotopic (exact) mass is 447 g/mol. The van der Waals surface area contributed by atoms with Crippen LogP contribution < -0.4 is 10.5 Å². The lowest BCUT2D eigenvalue weighted by Crippen LogP contribution is -2.12. The summed E-state index contributed by atoms with van der Waals surface area (Å²) in [5, 5.41) is 29.2. The predicted octanol–water partition coefficient (Wildman–Crippen LogP) is 2.90. The maximum atomic E-state index is 12.5. The largest absolute Gasteiger partial charge is 0.396 e. The molecule has 0 bridgehead atoms. The smallest absolute Gasteiger partial charge is 0.263 e. The van der Waals surface area contributed by atoms with Crippen molar-refractivity contribution >= 4 is 32.6 Å². The Balaban J connectivity index is 1.94. The van der Waals surface area contributed by atoms with Gasteiger partial charge in [0.15, 0.2) is 10.7 Å². The summed E-state index contributed by atoms with van der Waals surface area (Å²) in [6.07, 6.45) is 4.66. The Bertz CT molecular complexity index is 1380. The number of nitriles is 3. The van der Waals surface area contributed by atoms with Gasteiger partial charge < -0.3 is 10.3 Å². The molecule has 0 aliphatic carbocycles. The molecule has 2 aromatic heterocycles. The number of rotatable bonds is 6. The summed E-state index contributed by atoms with van der Waals surface area (Å²) in [6.45, 7) is 0. The minimum atomic E-state index is -3.78. The van der Waals surface area contributed by atoms with Crippen molar-refractivity contribution < 1.29 is 8.42 Å². The number of hydrogen-bond acceptors (Lipinski definition) is 8. The van der Waals surface area contributed by atoms with Crippen LogP contribution in [0.15, 0.2) is 75.9 Å². The number of allylic oxidation sites excluding steroid dienone is 2. The predicted molar refractivity (Wildman–Crippen MR) is 115 cm³/mol. The first-order chi connectivity index (χ1) is 14.9. The molecule has 0 atom stereocenters. The van der Waals surface area contributed by atoms with E-state index in [1.54, 1.807) is 52.5 Å². The van der Waals surface area contributed by atoms with Crippen molar-refractivity contribution in [2.75, 3.05) is 4.72 Å². The second kappa shape index (κ2) is 8.97. The van der Waals surface area contributed by atoms with Gasteiger partial charge in [0.05, 0.1) is 16.2 Å². The van der Waals surface area contributed by atoms with E-state index in [9.17, 15) is 13.7 Å². The number of nitrogens with two attached hydrogens (primary N) is 1. The van der Waals surface area contributed by atoms with Gasteiger partial charge in [-0.2, -0.15) is 15.8 Å². The molecule has 0 unspecified atom stereocenters. The molecule has 0 radical (unpaired) electrons. The van der Waals surface area contributed by atoms with Gasteiger partial charge in [0.2, 0.25) is 0 Å². The van der Waals surface area contributed by atoms with Gasteiger partial charge in [-0.1, -0.05) is 0 Å². The van der Waals surface area contributed by atoms with Gasteiger partial charge in [-0.25, -0.2) is 13.4 Å². The third-order valence-electron chi connectivity index (χ3n) is 4.06. The number of anilines is 1. The normalized spacial score (nSPS) is 11.1. The Morgan fingerprint density at radius 2 is 1.84 bits per heavy atom. The topological polar surface area (TPSA) is 161 Å². The van der Waals surface area contributed by atoms with Crippen molar-refractivity contribution in [2.45, 2.75) is 4.90 Å². The highest BCUT2D eigenvalue weighted by Crippen LogP contribution is 2.22. The van der Waals surface area contributed by atoms with E-state index in [4.69, 9.17) is 16.3 Å². The van der Waals surface area contributed by atoms with Crippen LogP contribution in [0.2, 0.25) is 0 Å². The van der Waals surface area contributed by atoms with Crippen LogP contribution in [0.1, 0.15) is 5.69 Å². The minimum Gasteiger partial charge on any atom is -0.396 e. The number of thiazole rings is 1. The number of aromatic nitrogens is 2. The van der Waals surface area contributed by atoms with E-state index in [1.165, 1.54) is 35.7 Å². The van der Waals surface area contributed by atoms with Gasteiger partial charge in [0.25, 0.3) is 10.0 Å². The molecule has 9 nitrogen and oxygen atoms in total. The van der Waals surface area contributed by atoms with Crippen LogP contribution in [0.5, 0.6) is 0 Å². The molecule has 0 saturated carbocycles. The van der Waals surface area contributed by atoms with Crippen molar-refractivity contribution in [3.63, 3.8) is 0 Å². The molecular weight excluding hydrogens is 434 g/mol. The SMILES string of the molecule is N#CC(C#N)=C(N)/C(C#N)=C/c1cccn1-c1ccc(S(=O)(=O)Nc2nccs2)cc1. The number of nitrogens with one attached hydrogen (secondary N) is 1. The highest BCUT2D eigenvalue weighted by molar-refractivity contribution is 7.93. The van der Waals surface area contributed by atoms with Crippen molar-refractivity contribution in [1.29, 1.82) is 15.8 Å². The highest BCUT2D eigenvalue weighted by atomic mass is 32.2. The zero-order chi connectivity index (χ0) is 22.4. The summed E-state index contributed by atoms with van der Waals surface area (Å²) in [7, 11) is -3.78. The van der Waals surface area contributed by atoms with Crippen LogP contribution in [-0.2, 0) is 10.0 Å². The summed E-state index contributed by atoms with van der Waals surface area (Å²) in [5.74, 6) is 0. The Morgan fingerprint density at radius 3 is 2.42 bits per heavy atom. The van der Waals surface area contributed by atoms with E-state index in [0.717, 1.165) is 0 Å². The second-order valence-electron chi connectivity index (χ2n) is 5.92. The standard InChI is InChI=1S/C20H13N7O2S2/c21-11-14(19(24)15(12-22)13-23)10-17-2-1-8-27(17)16-3-5-18(6-4-16)31(28,29)26-20-25-7-9-30-20/h1-10H,24H2,(H,25,26)/b14-10+. The van der Waals surface area contributed by atoms with E-state index < -0.39 is 10.0 Å². The number of nitrogens with zero attached hydrogens (tertiary/aromatic N) is 5. The molecule has 3 aromatic rings. The summed E-state index contributed by atoms with van der Waals surface area (Å²) >= 11 is 1.17. The lowest BCUT2D eigenvalue weighted by Gasteiger charge is -2.10. The lowest BCUT2D eigenvalue weighted by atomic mass is 10.1. The number of benzene rings is 1. The van der Waals surface area contributed by atoms with Crippen LogP contribution in [-0.4, -0.2) is 18.0 Å². The second-order valence-corrected chi connectivity index (χ2v) is 8.50. The first kappa shape index (κ1) is 21.3. The van der Waals surface area contributed by atoms with Crippen molar-refractivity contribution in [3.8, 4) is 23.9 Å². The highest BCUT2D eigenvalue weighted by Gasteiger charge is 2.16. The summed E-state index contributed by atoms with van der Waals surface area (Å²) in [6, 6.07) is 14.7. The number of hydrogen-bond donors (Lipinski definition) is 2. The average Bonchev–Trinajstić information content (AvgIpc) is 3.44. The fourth-order valence-corrected chi connectivity index (χ4v) is 4.37. The molecule has 0 aliphatic rings. The average molecular weight is 448 g/mol. The fraction of sp³-hybridized carbons (Fsp3) is 0. The Hall–Kier alpha value is -4.37. The number of sulfonamides is 1. The molecule has 2 heterocycles. The van der Waals surface area contributed by atoms with Crippen LogP contribution in [0, 0.1) is 34.0 Å². The van der Waals surface area contributed by atoms with Crippen LogP contribution in [0.3, 0.4) is 0 Å². The van der Waals surface area contributed by atoms with Gasteiger partial charge in [-0.3, -0.25) is 4.72 Å². The molecule has 31 heavy (non-hydrogen) atoms. The lowest BCUT2D eigenvalue weighted by molar-refractivity contribution is 0.601. The van der Waals surface area contributed by atoms with Gasteiger partial charge >= 0.3 is 0 Å². The molecule has 0 amide bonds. The third-order valence-corrected chi connectivity index (χ3v) is 6.23. The van der Waals surface area contributed by atoms with Crippen molar-refractivity contribution in [1.82, 2.24) is 9.55 Å². The third kappa shape index (κ3) is 4.62. The molecule has 0 fully saturated rings. The van der Waals surface area contributed by atoms with Crippen LogP contribution in [0.25, 0.3) is 11.8 Å². The van der Waals surface area contributed by atoms with E-state index in [0.29, 0.717) is 11.4 Å².